The van der Waals surface area contributed by atoms with Crippen LogP contribution in [0.15, 0.2) is 72.1 Å². The summed E-state index contributed by atoms with van der Waals surface area (Å²) >= 11 is 0. The molecule has 0 saturated carbocycles. The number of hydrogen-bond donors (Lipinski definition) is 3. The first-order chi connectivity index (χ1) is 17.5. The van der Waals surface area contributed by atoms with E-state index in [9.17, 15) is 13.2 Å². The number of fused-ring (bicyclic) bond motifs is 1. The maximum Gasteiger partial charge on any atom is 0.241 e. The molecule has 5 rings (SSSR count). The van der Waals surface area contributed by atoms with Gasteiger partial charge in [-0.1, -0.05) is 18.2 Å². The molecule has 0 radical (unpaired) electrons. The second-order valence-corrected chi connectivity index (χ2v) is 10.5. The molecule has 3 heterocycles. The minimum atomic E-state index is -3.85. The largest absolute Gasteiger partial charge is 0.384 e. The predicted molar refractivity (Wildman–Crippen MR) is 136 cm³/mol. The number of carbonyl (C=O) groups excluding carboxylic acids is 1. The number of amides is 1. The second kappa shape index (κ2) is 10.4. The molecule has 10 nitrogen and oxygen atoms in total. The maximum absolute atomic E-state index is 13.3. The number of hydrogen-bond acceptors (Lipinski definition) is 7. The summed E-state index contributed by atoms with van der Waals surface area (Å²) in [7, 11) is -3.85. The Morgan fingerprint density at radius 2 is 1.94 bits per heavy atom. The summed E-state index contributed by atoms with van der Waals surface area (Å²) < 4.78 is 31.0. The molecule has 4 aromatic rings. The van der Waals surface area contributed by atoms with E-state index in [0.29, 0.717) is 36.6 Å². The van der Waals surface area contributed by atoms with Crippen molar-refractivity contribution in [1.29, 1.82) is 0 Å². The van der Waals surface area contributed by atoms with Crippen LogP contribution in [0.25, 0.3) is 16.5 Å². The van der Waals surface area contributed by atoms with Crippen molar-refractivity contribution in [2.75, 3.05) is 18.4 Å². The lowest BCUT2D eigenvalue weighted by Crippen LogP contribution is -2.35. The predicted octanol–water partition coefficient (Wildman–Crippen LogP) is 2.62. The van der Waals surface area contributed by atoms with Crippen LogP contribution >= 0.6 is 0 Å². The van der Waals surface area contributed by atoms with Gasteiger partial charge in [0, 0.05) is 54.1 Å². The van der Waals surface area contributed by atoms with E-state index in [4.69, 9.17) is 0 Å². The molecule has 1 amide bonds. The zero-order valence-electron chi connectivity index (χ0n) is 19.6. The highest BCUT2D eigenvalue weighted by molar-refractivity contribution is 7.89. The number of anilines is 1. The van der Waals surface area contributed by atoms with E-state index in [1.54, 1.807) is 41.5 Å². The number of sulfonamides is 1. The SMILES string of the molecule is O=C1CCC(CCNc2ccc(S(=O)(=O)NCc3nncn3-c3ccccc3)c3ccncc23)CN1. The number of carbonyl (C=O) groups is 1. The van der Waals surface area contributed by atoms with Gasteiger partial charge >= 0.3 is 0 Å². The average molecular weight is 506 g/mol. The Morgan fingerprint density at radius 3 is 2.75 bits per heavy atom. The normalized spacial score (nSPS) is 16.1. The number of pyridine rings is 1. The Bertz CT molecular complexity index is 1460. The summed E-state index contributed by atoms with van der Waals surface area (Å²) in [5, 5.41) is 15.7. The van der Waals surface area contributed by atoms with Crippen molar-refractivity contribution in [1.82, 2.24) is 29.8 Å². The highest BCUT2D eigenvalue weighted by atomic mass is 32.2. The molecule has 1 unspecified atom stereocenters. The van der Waals surface area contributed by atoms with Gasteiger partial charge in [-0.2, -0.15) is 0 Å². The van der Waals surface area contributed by atoms with Crippen molar-refractivity contribution in [2.24, 2.45) is 5.92 Å². The summed E-state index contributed by atoms with van der Waals surface area (Å²) in [6.07, 6.45) is 7.17. The van der Waals surface area contributed by atoms with Crippen LogP contribution in [0.3, 0.4) is 0 Å². The number of benzene rings is 2. The molecule has 1 saturated heterocycles. The van der Waals surface area contributed by atoms with E-state index in [1.807, 2.05) is 30.3 Å². The molecule has 2 aromatic heterocycles. The van der Waals surface area contributed by atoms with Gasteiger partial charge in [-0.15, -0.1) is 10.2 Å². The van der Waals surface area contributed by atoms with Gasteiger partial charge < -0.3 is 10.6 Å². The third kappa shape index (κ3) is 5.21. The number of aromatic nitrogens is 4. The van der Waals surface area contributed by atoms with Gasteiger partial charge in [0.05, 0.1) is 11.4 Å². The first-order valence-electron chi connectivity index (χ1n) is 11.8. The zero-order valence-corrected chi connectivity index (χ0v) is 20.4. The van der Waals surface area contributed by atoms with E-state index in [0.717, 1.165) is 29.6 Å². The Kier molecular flexibility index (Phi) is 6.92. The van der Waals surface area contributed by atoms with Gasteiger partial charge in [-0.3, -0.25) is 14.3 Å². The Labute approximate surface area is 209 Å². The monoisotopic (exact) mass is 505 g/mol. The molecule has 186 valence electrons. The van der Waals surface area contributed by atoms with Crippen molar-refractivity contribution >= 4 is 32.4 Å². The van der Waals surface area contributed by atoms with Crippen molar-refractivity contribution in [3.8, 4) is 5.69 Å². The molecule has 1 aliphatic rings. The quantitative estimate of drug-likeness (QED) is 0.319. The first-order valence-corrected chi connectivity index (χ1v) is 13.3. The summed E-state index contributed by atoms with van der Waals surface area (Å²) in [4.78, 5) is 15.7. The summed E-state index contributed by atoms with van der Waals surface area (Å²) in [5.74, 6) is 1.02. The van der Waals surface area contributed by atoms with E-state index < -0.39 is 10.0 Å². The van der Waals surface area contributed by atoms with E-state index in [1.165, 1.54) is 0 Å². The minimum absolute atomic E-state index is 0.0122. The lowest BCUT2D eigenvalue weighted by Gasteiger charge is -2.22. The highest BCUT2D eigenvalue weighted by Gasteiger charge is 2.21. The van der Waals surface area contributed by atoms with E-state index in [-0.39, 0.29) is 17.3 Å². The van der Waals surface area contributed by atoms with Gasteiger partial charge in [0.15, 0.2) is 5.82 Å². The average Bonchev–Trinajstić information content (AvgIpc) is 3.38. The van der Waals surface area contributed by atoms with Gasteiger partial charge in [-0.25, -0.2) is 13.1 Å². The molecule has 1 aliphatic heterocycles. The Morgan fingerprint density at radius 1 is 1.08 bits per heavy atom. The molecular formula is C25H27N7O3S. The van der Waals surface area contributed by atoms with E-state index in [2.05, 4.69) is 30.5 Å². The molecular weight excluding hydrogens is 478 g/mol. The lowest BCUT2D eigenvalue weighted by molar-refractivity contribution is -0.122. The van der Waals surface area contributed by atoms with Gasteiger partial charge in [-0.05, 0) is 49.1 Å². The molecule has 0 spiro atoms. The summed E-state index contributed by atoms with van der Waals surface area (Å²) in [5.41, 5.74) is 1.67. The standard InChI is InChI=1S/C25H27N7O3S/c33-25-9-6-18(14-28-25)10-13-27-22-7-8-23(20-11-12-26-15-21(20)22)36(34,35)30-16-24-31-29-17-32(24)19-4-2-1-3-5-19/h1-5,7-8,11-12,15,17-18,27,30H,6,9-10,13-14,16H2,(H,28,33). The van der Waals surface area contributed by atoms with Crippen LogP contribution in [-0.2, 0) is 21.4 Å². The van der Waals surface area contributed by atoms with Crippen molar-refractivity contribution in [3.05, 3.63) is 73.1 Å². The van der Waals surface area contributed by atoms with Gasteiger partial charge in [0.1, 0.15) is 6.33 Å². The van der Waals surface area contributed by atoms with Crippen LogP contribution in [0, 0.1) is 5.92 Å². The fraction of sp³-hybridized carbons (Fsp3) is 0.280. The number of rotatable bonds is 9. The summed E-state index contributed by atoms with van der Waals surface area (Å²) in [6.45, 7) is 1.40. The zero-order chi connectivity index (χ0) is 25.0. The van der Waals surface area contributed by atoms with Crippen LogP contribution < -0.4 is 15.4 Å². The number of piperidine rings is 1. The molecule has 11 heteroatoms. The lowest BCUT2D eigenvalue weighted by atomic mass is 9.96. The highest BCUT2D eigenvalue weighted by Crippen LogP contribution is 2.29. The third-order valence-electron chi connectivity index (χ3n) is 6.38. The minimum Gasteiger partial charge on any atom is -0.384 e. The number of nitrogens with one attached hydrogen (secondary N) is 3. The fourth-order valence-corrected chi connectivity index (χ4v) is 5.60. The van der Waals surface area contributed by atoms with Crippen molar-refractivity contribution < 1.29 is 13.2 Å². The Hall–Kier alpha value is -3.83. The molecule has 1 atom stereocenters. The molecule has 0 bridgehead atoms. The molecule has 0 aliphatic carbocycles. The van der Waals surface area contributed by atoms with Crippen molar-refractivity contribution in [3.63, 3.8) is 0 Å². The van der Waals surface area contributed by atoms with Crippen LogP contribution in [0.4, 0.5) is 5.69 Å². The molecule has 1 fully saturated rings. The summed E-state index contributed by atoms with van der Waals surface area (Å²) in [6, 6.07) is 14.6. The number of para-hydroxylation sites is 1. The molecule has 2 aromatic carbocycles. The topological polar surface area (TPSA) is 131 Å². The van der Waals surface area contributed by atoms with Gasteiger partial charge in [0.25, 0.3) is 0 Å². The molecule has 36 heavy (non-hydrogen) atoms. The molecule has 3 N–H and O–H groups in total. The second-order valence-electron chi connectivity index (χ2n) is 8.73. The van der Waals surface area contributed by atoms with Crippen LogP contribution in [0.2, 0.25) is 0 Å². The van der Waals surface area contributed by atoms with Crippen LogP contribution in [-0.4, -0.2) is 47.2 Å². The first kappa shape index (κ1) is 23.9. The fourth-order valence-electron chi connectivity index (χ4n) is 4.41. The Balaban J connectivity index is 1.31. The van der Waals surface area contributed by atoms with E-state index >= 15 is 0 Å². The van der Waals surface area contributed by atoms with Crippen LogP contribution in [0.5, 0.6) is 0 Å². The van der Waals surface area contributed by atoms with Crippen molar-refractivity contribution in [2.45, 2.75) is 30.7 Å². The third-order valence-corrected chi connectivity index (χ3v) is 7.84. The smallest absolute Gasteiger partial charge is 0.241 e. The maximum atomic E-state index is 13.3. The number of nitrogens with zero attached hydrogens (tertiary/aromatic N) is 4. The van der Waals surface area contributed by atoms with Gasteiger partial charge in [0.2, 0.25) is 15.9 Å². The van der Waals surface area contributed by atoms with Crippen LogP contribution in [0.1, 0.15) is 25.1 Å².